The van der Waals surface area contributed by atoms with E-state index >= 15 is 0 Å². The standard InChI is InChI=1S/C25H28N2O5S2/c1-4-32-25-18(2)14-24(15-19(25)3)33(28,29)26-22-11-10-20-12-13-27(17-21(20)16-22)34(30,31)23-8-6-5-7-9-23/h5-11,14-16,26H,4,12-13,17H2,1-3H3. The summed E-state index contributed by atoms with van der Waals surface area (Å²) >= 11 is 0. The van der Waals surface area contributed by atoms with E-state index in [4.69, 9.17) is 4.74 Å². The highest BCUT2D eigenvalue weighted by molar-refractivity contribution is 7.92. The molecule has 0 atom stereocenters. The zero-order valence-electron chi connectivity index (χ0n) is 19.4. The van der Waals surface area contributed by atoms with Crippen LogP contribution in [0.4, 0.5) is 5.69 Å². The molecule has 1 aliphatic rings. The van der Waals surface area contributed by atoms with E-state index in [1.54, 1.807) is 54.6 Å². The fraction of sp³-hybridized carbons (Fsp3) is 0.280. The van der Waals surface area contributed by atoms with Gasteiger partial charge < -0.3 is 4.74 Å². The first-order valence-corrected chi connectivity index (χ1v) is 14.0. The highest BCUT2D eigenvalue weighted by Crippen LogP contribution is 2.30. The lowest BCUT2D eigenvalue weighted by atomic mass is 10.0. The van der Waals surface area contributed by atoms with Crippen molar-refractivity contribution in [1.29, 1.82) is 0 Å². The number of fused-ring (bicyclic) bond motifs is 1. The number of rotatable bonds is 7. The summed E-state index contributed by atoms with van der Waals surface area (Å²) < 4.78 is 62.0. The Bertz CT molecular complexity index is 1400. The van der Waals surface area contributed by atoms with E-state index in [1.807, 2.05) is 26.8 Å². The maximum Gasteiger partial charge on any atom is 0.261 e. The Hall–Kier alpha value is -2.88. The summed E-state index contributed by atoms with van der Waals surface area (Å²) in [7, 11) is -7.47. The molecule has 0 radical (unpaired) electrons. The predicted octanol–water partition coefficient (Wildman–Crippen LogP) is 4.25. The normalized spacial score (nSPS) is 14.4. The summed E-state index contributed by atoms with van der Waals surface area (Å²) in [5.41, 5.74) is 3.67. The number of anilines is 1. The van der Waals surface area contributed by atoms with E-state index in [9.17, 15) is 16.8 Å². The molecule has 180 valence electrons. The van der Waals surface area contributed by atoms with Crippen LogP contribution in [-0.2, 0) is 33.0 Å². The Morgan fingerprint density at radius 2 is 1.56 bits per heavy atom. The first kappa shape index (κ1) is 24.3. The molecule has 0 aromatic heterocycles. The molecule has 3 aromatic rings. The molecule has 7 nitrogen and oxygen atoms in total. The molecule has 0 amide bonds. The molecule has 0 spiro atoms. The van der Waals surface area contributed by atoms with Crippen LogP contribution < -0.4 is 9.46 Å². The molecule has 0 unspecified atom stereocenters. The highest BCUT2D eigenvalue weighted by atomic mass is 32.2. The number of benzene rings is 3. The van der Waals surface area contributed by atoms with Crippen molar-refractivity contribution in [1.82, 2.24) is 4.31 Å². The second kappa shape index (κ2) is 9.40. The average Bonchev–Trinajstić information content (AvgIpc) is 2.81. The number of hydrogen-bond donors (Lipinski definition) is 1. The third-order valence-corrected chi connectivity index (χ3v) is 9.07. The van der Waals surface area contributed by atoms with Crippen molar-refractivity contribution in [3.8, 4) is 5.75 Å². The molecule has 1 aliphatic heterocycles. The molecule has 0 aliphatic carbocycles. The number of nitrogens with one attached hydrogen (secondary N) is 1. The van der Waals surface area contributed by atoms with Gasteiger partial charge in [-0.25, -0.2) is 16.8 Å². The Morgan fingerprint density at radius 1 is 0.882 bits per heavy atom. The quantitative estimate of drug-likeness (QED) is 0.524. The van der Waals surface area contributed by atoms with Crippen LogP contribution in [-0.4, -0.2) is 34.3 Å². The average molecular weight is 501 g/mol. The van der Waals surface area contributed by atoms with Crippen LogP contribution in [0.25, 0.3) is 0 Å². The van der Waals surface area contributed by atoms with Gasteiger partial charge in [-0.05, 0) is 85.8 Å². The van der Waals surface area contributed by atoms with Crippen molar-refractivity contribution in [2.75, 3.05) is 17.9 Å². The number of ether oxygens (including phenoxy) is 1. The van der Waals surface area contributed by atoms with Gasteiger partial charge in [0.25, 0.3) is 10.0 Å². The van der Waals surface area contributed by atoms with Crippen molar-refractivity contribution in [3.63, 3.8) is 0 Å². The maximum atomic E-state index is 13.1. The lowest BCUT2D eigenvalue weighted by Gasteiger charge is -2.28. The SMILES string of the molecule is CCOc1c(C)cc(S(=O)(=O)Nc2ccc3c(c2)CN(S(=O)(=O)c2ccccc2)CC3)cc1C. The van der Waals surface area contributed by atoms with Gasteiger partial charge in [0.2, 0.25) is 10.0 Å². The van der Waals surface area contributed by atoms with Crippen molar-refractivity contribution < 1.29 is 21.6 Å². The summed E-state index contributed by atoms with van der Waals surface area (Å²) in [5, 5.41) is 0. The number of nitrogens with zero attached hydrogens (tertiary/aromatic N) is 1. The van der Waals surface area contributed by atoms with E-state index < -0.39 is 20.0 Å². The lowest BCUT2D eigenvalue weighted by molar-refractivity contribution is 0.335. The van der Waals surface area contributed by atoms with Gasteiger partial charge in [-0.1, -0.05) is 24.3 Å². The Kier molecular flexibility index (Phi) is 6.71. The van der Waals surface area contributed by atoms with E-state index in [0.717, 1.165) is 22.3 Å². The van der Waals surface area contributed by atoms with Crippen LogP contribution in [0.1, 0.15) is 29.2 Å². The summed E-state index contributed by atoms with van der Waals surface area (Å²) in [6, 6.07) is 16.8. The zero-order valence-corrected chi connectivity index (χ0v) is 21.0. The Balaban J connectivity index is 1.59. The highest BCUT2D eigenvalue weighted by Gasteiger charge is 2.28. The van der Waals surface area contributed by atoms with E-state index in [2.05, 4.69) is 4.72 Å². The summed E-state index contributed by atoms with van der Waals surface area (Å²) in [6.07, 6.45) is 0.561. The fourth-order valence-electron chi connectivity index (χ4n) is 4.19. The van der Waals surface area contributed by atoms with Crippen LogP contribution in [0.2, 0.25) is 0 Å². The van der Waals surface area contributed by atoms with Crippen molar-refractivity contribution in [3.05, 3.63) is 82.9 Å². The van der Waals surface area contributed by atoms with Gasteiger partial charge in [0.05, 0.1) is 16.4 Å². The zero-order chi connectivity index (χ0) is 24.5. The second-order valence-corrected chi connectivity index (χ2v) is 11.9. The van der Waals surface area contributed by atoms with Crippen molar-refractivity contribution in [2.45, 2.75) is 43.5 Å². The van der Waals surface area contributed by atoms with Crippen LogP contribution in [0.15, 0.2) is 70.5 Å². The largest absolute Gasteiger partial charge is 0.493 e. The third-order valence-electron chi connectivity index (χ3n) is 5.85. The predicted molar refractivity (Wildman–Crippen MR) is 132 cm³/mol. The molecule has 0 fully saturated rings. The molecule has 3 aromatic carbocycles. The van der Waals surface area contributed by atoms with E-state index in [-0.39, 0.29) is 16.3 Å². The van der Waals surface area contributed by atoms with Crippen LogP contribution in [0, 0.1) is 13.8 Å². The van der Waals surface area contributed by atoms with Crippen molar-refractivity contribution >= 4 is 25.7 Å². The minimum absolute atomic E-state index is 0.150. The van der Waals surface area contributed by atoms with Crippen LogP contribution in [0.5, 0.6) is 5.75 Å². The van der Waals surface area contributed by atoms with Gasteiger partial charge >= 0.3 is 0 Å². The molecular weight excluding hydrogens is 472 g/mol. The van der Waals surface area contributed by atoms with Gasteiger partial charge in [0, 0.05) is 18.8 Å². The Labute approximate surface area is 201 Å². The van der Waals surface area contributed by atoms with Gasteiger partial charge in [0.1, 0.15) is 5.75 Å². The van der Waals surface area contributed by atoms with Gasteiger partial charge in [0.15, 0.2) is 0 Å². The molecule has 34 heavy (non-hydrogen) atoms. The third kappa shape index (κ3) is 4.82. The summed E-state index contributed by atoms with van der Waals surface area (Å²) in [5.74, 6) is 0.690. The molecule has 0 saturated carbocycles. The van der Waals surface area contributed by atoms with Crippen molar-refractivity contribution in [2.24, 2.45) is 0 Å². The maximum absolute atomic E-state index is 13.1. The first-order chi connectivity index (χ1) is 16.1. The topological polar surface area (TPSA) is 92.8 Å². The molecule has 0 saturated heterocycles. The van der Waals surface area contributed by atoms with E-state index in [1.165, 1.54) is 4.31 Å². The second-order valence-electron chi connectivity index (χ2n) is 8.31. The molecule has 9 heteroatoms. The van der Waals surface area contributed by atoms with Gasteiger partial charge in [-0.15, -0.1) is 0 Å². The van der Waals surface area contributed by atoms with Gasteiger partial charge in [-0.2, -0.15) is 4.31 Å². The molecular formula is C25H28N2O5S2. The number of sulfonamides is 2. The molecule has 1 N–H and O–H groups in total. The number of hydrogen-bond acceptors (Lipinski definition) is 5. The number of aryl methyl sites for hydroxylation is 2. The molecule has 1 heterocycles. The van der Waals surface area contributed by atoms with Gasteiger partial charge in [-0.3, -0.25) is 4.72 Å². The fourth-order valence-corrected chi connectivity index (χ4v) is 6.85. The first-order valence-electron chi connectivity index (χ1n) is 11.1. The molecule has 0 bridgehead atoms. The smallest absolute Gasteiger partial charge is 0.261 e. The summed E-state index contributed by atoms with van der Waals surface area (Å²) in [6.45, 7) is 6.57. The Morgan fingerprint density at radius 3 is 2.21 bits per heavy atom. The monoisotopic (exact) mass is 500 g/mol. The lowest BCUT2D eigenvalue weighted by Crippen LogP contribution is -2.36. The molecule has 4 rings (SSSR count). The van der Waals surface area contributed by atoms with Crippen LogP contribution >= 0.6 is 0 Å². The minimum atomic E-state index is -3.84. The van der Waals surface area contributed by atoms with Crippen LogP contribution in [0.3, 0.4) is 0 Å². The summed E-state index contributed by atoms with van der Waals surface area (Å²) in [4.78, 5) is 0.397. The minimum Gasteiger partial charge on any atom is -0.493 e. The van der Waals surface area contributed by atoms with E-state index in [0.29, 0.717) is 31.0 Å².